The molecular formula is C16H27FIN3. The minimum absolute atomic E-state index is 0. The van der Waals surface area contributed by atoms with E-state index in [1.54, 1.807) is 19.2 Å². The van der Waals surface area contributed by atoms with Gasteiger partial charge in [0.15, 0.2) is 5.96 Å². The third-order valence-corrected chi connectivity index (χ3v) is 2.99. The molecule has 120 valence electrons. The lowest BCUT2D eigenvalue weighted by atomic mass is 9.92. The number of aliphatic imine (C=N–C) groups is 1. The number of halogens is 2. The largest absolute Gasteiger partial charge is 0.356 e. The Labute approximate surface area is 144 Å². The molecule has 0 amide bonds. The fourth-order valence-corrected chi connectivity index (χ4v) is 1.79. The smallest absolute Gasteiger partial charge is 0.190 e. The molecule has 0 spiro atoms. The van der Waals surface area contributed by atoms with Crippen LogP contribution >= 0.6 is 24.0 Å². The lowest BCUT2D eigenvalue weighted by Gasteiger charge is -2.19. The van der Waals surface area contributed by atoms with E-state index in [0.29, 0.717) is 5.41 Å². The van der Waals surface area contributed by atoms with Gasteiger partial charge in [-0.3, -0.25) is 4.99 Å². The molecule has 0 aromatic heterocycles. The van der Waals surface area contributed by atoms with Crippen LogP contribution in [0.2, 0.25) is 0 Å². The maximum atomic E-state index is 13.0. The van der Waals surface area contributed by atoms with Crippen molar-refractivity contribution in [1.82, 2.24) is 10.6 Å². The summed E-state index contributed by atoms with van der Waals surface area (Å²) in [5.41, 5.74) is 1.30. The summed E-state index contributed by atoms with van der Waals surface area (Å²) in [6, 6.07) is 6.70. The molecular weight excluding hydrogens is 380 g/mol. The van der Waals surface area contributed by atoms with E-state index in [1.165, 1.54) is 6.07 Å². The molecule has 0 saturated carbocycles. The number of rotatable bonds is 5. The van der Waals surface area contributed by atoms with E-state index in [-0.39, 0.29) is 29.8 Å². The third kappa shape index (κ3) is 9.66. The molecule has 0 bridgehead atoms. The zero-order valence-corrected chi connectivity index (χ0v) is 15.7. The van der Waals surface area contributed by atoms with Gasteiger partial charge in [0.2, 0.25) is 0 Å². The number of hydrogen-bond acceptors (Lipinski definition) is 1. The quantitative estimate of drug-likeness (QED) is 0.445. The first-order chi connectivity index (χ1) is 9.40. The van der Waals surface area contributed by atoms with E-state index in [2.05, 4.69) is 36.4 Å². The highest BCUT2D eigenvalue weighted by Crippen LogP contribution is 2.16. The molecule has 0 heterocycles. The van der Waals surface area contributed by atoms with Gasteiger partial charge in [-0.1, -0.05) is 32.9 Å². The molecule has 2 N–H and O–H groups in total. The van der Waals surface area contributed by atoms with Gasteiger partial charge < -0.3 is 10.6 Å². The van der Waals surface area contributed by atoms with E-state index in [4.69, 9.17) is 0 Å². The Hall–Kier alpha value is -0.850. The molecule has 0 unspecified atom stereocenters. The van der Waals surface area contributed by atoms with Crippen LogP contribution in [-0.2, 0) is 6.42 Å². The number of hydrogen-bond donors (Lipinski definition) is 2. The Kier molecular flexibility index (Phi) is 9.57. The monoisotopic (exact) mass is 407 g/mol. The molecule has 21 heavy (non-hydrogen) atoms. The minimum Gasteiger partial charge on any atom is -0.356 e. The molecule has 3 nitrogen and oxygen atoms in total. The van der Waals surface area contributed by atoms with Crippen molar-refractivity contribution >= 4 is 29.9 Å². The van der Waals surface area contributed by atoms with Crippen molar-refractivity contribution in [3.8, 4) is 0 Å². The number of nitrogens with one attached hydrogen (secondary N) is 2. The predicted molar refractivity (Wildman–Crippen MR) is 99.0 cm³/mol. The molecule has 0 aliphatic carbocycles. The summed E-state index contributed by atoms with van der Waals surface area (Å²) < 4.78 is 13.0. The summed E-state index contributed by atoms with van der Waals surface area (Å²) in [7, 11) is 1.76. The molecule has 0 aliphatic heterocycles. The summed E-state index contributed by atoms with van der Waals surface area (Å²) in [4.78, 5) is 4.18. The van der Waals surface area contributed by atoms with Crippen LogP contribution in [0.5, 0.6) is 0 Å². The van der Waals surface area contributed by atoms with Crippen LogP contribution < -0.4 is 10.6 Å². The molecule has 5 heteroatoms. The standard InChI is InChI=1S/C16H26FN3.HI/c1-16(2,3)9-11-20-15(18-4)19-10-8-13-6-5-7-14(17)12-13;/h5-7,12H,8-11H2,1-4H3,(H2,18,19,20);1H. The van der Waals surface area contributed by atoms with E-state index >= 15 is 0 Å². The summed E-state index contributed by atoms with van der Waals surface area (Å²) in [5.74, 6) is 0.612. The average Bonchev–Trinajstić information content (AvgIpc) is 2.35. The number of guanidine groups is 1. The van der Waals surface area contributed by atoms with Gasteiger partial charge in [-0.2, -0.15) is 0 Å². The third-order valence-electron chi connectivity index (χ3n) is 2.99. The second-order valence-electron chi connectivity index (χ2n) is 6.12. The Morgan fingerprint density at radius 2 is 1.86 bits per heavy atom. The van der Waals surface area contributed by atoms with Gasteiger partial charge in [0.05, 0.1) is 0 Å². The van der Waals surface area contributed by atoms with Gasteiger partial charge >= 0.3 is 0 Å². The topological polar surface area (TPSA) is 36.4 Å². The maximum absolute atomic E-state index is 13.0. The van der Waals surface area contributed by atoms with E-state index in [1.807, 2.05) is 6.07 Å². The van der Waals surface area contributed by atoms with Gasteiger partial charge in [-0.05, 0) is 36.0 Å². The van der Waals surface area contributed by atoms with Gasteiger partial charge in [-0.15, -0.1) is 24.0 Å². The highest BCUT2D eigenvalue weighted by Gasteiger charge is 2.09. The Bertz CT molecular complexity index is 441. The van der Waals surface area contributed by atoms with E-state index < -0.39 is 0 Å². The molecule has 0 aliphatic rings. The van der Waals surface area contributed by atoms with Crippen LogP contribution in [-0.4, -0.2) is 26.1 Å². The zero-order valence-electron chi connectivity index (χ0n) is 13.4. The Balaban J connectivity index is 0.00000400. The number of nitrogens with zero attached hydrogens (tertiary/aromatic N) is 1. The lowest BCUT2D eigenvalue weighted by Crippen LogP contribution is -2.39. The van der Waals surface area contributed by atoms with Crippen LogP contribution in [0.25, 0.3) is 0 Å². The minimum atomic E-state index is -0.185. The van der Waals surface area contributed by atoms with Gasteiger partial charge in [0.1, 0.15) is 5.82 Å². The summed E-state index contributed by atoms with van der Waals surface area (Å²) in [6.45, 7) is 8.28. The van der Waals surface area contributed by atoms with Crippen molar-refractivity contribution in [2.45, 2.75) is 33.6 Å². The molecule has 0 atom stereocenters. The van der Waals surface area contributed by atoms with Crippen molar-refractivity contribution in [2.75, 3.05) is 20.1 Å². The molecule has 0 radical (unpaired) electrons. The first-order valence-electron chi connectivity index (χ1n) is 7.10. The molecule has 1 rings (SSSR count). The van der Waals surface area contributed by atoms with Gasteiger partial charge in [0, 0.05) is 20.1 Å². The highest BCUT2D eigenvalue weighted by atomic mass is 127. The van der Waals surface area contributed by atoms with E-state index in [0.717, 1.165) is 37.5 Å². The summed E-state index contributed by atoms with van der Waals surface area (Å²) in [6.07, 6.45) is 1.86. The first kappa shape index (κ1) is 20.1. The fraction of sp³-hybridized carbons (Fsp3) is 0.562. The molecule has 1 aromatic rings. The zero-order chi connectivity index (χ0) is 15.0. The predicted octanol–water partition coefficient (Wildman–Crippen LogP) is 3.59. The van der Waals surface area contributed by atoms with Crippen molar-refractivity contribution in [1.29, 1.82) is 0 Å². The van der Waals surface area contributed by atoms with Crippen LogP contribution in [0.15, 0.2) is 29.3 Å². The van der Waals surface area contributed by atoms with Gasteiger partial charge in [-0.25, -0.2) is 4.39 Å². The van der Waals surface area contributed by atoms with Crippen molar-refractivity contribution < 1.29 is 4.39 Å². The fourth-order valence-electron chi connectivity index (χ4n) is 1.79. The van der Waals surface area contributed by atoms with Crippen LogP contribution in [0.4, 0.5) is 4.39 Å². The first-order valence-corrected chi connectivity index (χ1v) is 7.10. The number of benzene rings is 1. The van der Waals surface area contributed by atoms with Gasteiger partial charge in [0.25, 0.3) is 0 Å². The summed E-state index contributed by atoms with van der Waals surface area (Å²) >= 11 is 0. The van der Waals surface area contributed by atoms with Crippen molar-refractivity contribution in [3.05, 3.63) is 35.6 Å². The van der Waals surface area contributed by atoms with Crippen molar-refractivity contribution in [3.63, 3.8) is 0 Å². The molecule has 1 aromatic carbocycles. The van der Waals surface area contributed by atoms with E-state index in [9.17, 15) is 4.39 Å². The Morgan fingerprint density at radius 3 is 2.43 bits per heavy atom. The van der Waals surface area contributed by atoms with Crippen molar-refractivity contribution in [2.24, 2.45) is 10.4 Å². The molecule has 0 saturated heterocycles. The second kappa shape index (κ2) is 9.97. The SMILES string of the molecule is CN=C(NCCc1cccc(F)c1)NCCC(C)(C)C.I. The van der Waals surface area contributed by atoms with Crippen LogP contribution in [0, 0.1) is 11.2 Å². The Morgan fingerprint density at radius 1 is 1.19 bits per heavy atom. The second-order valence-corrected chi connectivity index (χ2v) is 6.12. The highest BCUT2D eigenvalue weighted by molar-refractivity contribution is 14.0. The van der Waals surface area contributed by atoms with Crippen LogP contribution in [0.3, 0.4) is 0 Å². The maximum Gasteiger partial charge on any atom is 0.190 e. The average molecular weight is 407 g/mol. The lowest BCUT2D eigenvalue weighted by molar-refractivity contribution is 0.377. The normalized spacial score (nSPS) is 11.8. The van der Waals surface area contributed by atoms with Crippen LogP contribution in [0.1, 0.15) is 32.8 Å². The summed E-state index contributed by atoms with van der Waals surface area (Å²) in [5, 5.41) is 6.53. The molecule has 0 fully saturated rings.